The molecule has 0 aromatic carbocycles. The van der Waals surface area contributed by atoms with Crippen molar-refractivity contribution in [3.63, 3.8) is 0 Å². The quantitative estimate of drug-likeness (QED) is 0.891. The SMILES string of the molecule is CC1CCNC(CN2CCN(c3ncccn3)CC2)C1. The third-order valence-corrected chi connectivity index (χ3v) is 4.44. The van der Waals surface area contributed by atoms with Crippen LogP contribution in [0, 0.1) is 5.92 Å². The van der Waals surface area contributed by atoms with Gasteiger partial charge in [-0.1, -0.05) is 6.92 Å². The van der Waals surface area contributed by atoms with Crippen LogP contribution in [-0.2, 0) is 0 Å². The van der Waals surface area contributed by atoms with Crippen molar-refractivity contribution < 1.29 is 0 Å². The van der Waals surface area contributed by atoms with E-state index in [4.69, 9.17) is 0 Å². The average Bonchev–Trinajstić information content (AvgIpc) is 2.49. The Kier molecular flexibility index (Phi) is 4.47. The summed E-state index contributed by atoms with van der Waals surface area (Å²) >= 11 is 0. The van der Waals surface area contributed by atoms with Crippen molar-refractivity contribution >= 4 is 5.95 Å². The van der Waals surface area contributed by atoms with E-state index in [1.54, 1.807) is 0 Å². The summed E-state index contributed by atoms with van der Waals surface area (Å²) in [5.41, 5.74) is 0. The molecule has 5 nitrogen and oxygen atoms in total. The molecule has 3 heterocycles. The molecule has 2 aliphatic heterocycles. The number of nitrogens with one attached hydrogen (secondary N) is 1. The van der Waals surface area contributed by atoms with Crippen LogP contribution in [0.5, 0.6) is 0 Å². The second kappa shape index (κ2) is 6.50. The van der Waals surface area contributed by atoms with Gasteiger partial charge in [-0.15, -0.1) is 0 Å². The van der Waals surface area contributed by atoms with Crippen LogP contribution in [0.1, 0.15) is 19.8 Å². The van der Waals surface area contributed by atoms with Crippen LogP contribution < -0.4 is 10.2 Å². The highest BCUT2D eigenvalue weighted by atomic mass is 15.3. The van der Waals surface area contributed by atoms with Crippen LogP contribution in [0.15, 0.2) is 18.5 Å². The lowest BCUT2D eigenvalue weighted by Gasteiger charge is -2.38. The monoisotopic (exact) mass is 275 g/mol. The summed E-state index contributed by atoms with van der Waals surface area (Å²) in [6, 6.07) is 2.55. The molecular weight excluding hydrogens is 250 g/mol. The maximum absolute atomic E-state index is 4.34. The minimum atomic E-state index is 0.679. The first-order valence-corrected chi connectivity index (χ1v) is 7.79. The fourth-order valence-electron chi connectivity index (χ4n) is 3.26. The van der Waals surface area contributed by atoms with Crippen LogP contribution in [-0.4, -0.2) is 60.2 Å². The second-order valence-corrected chi connectivity index (χ2v) is 6.12. The number of rotatable bonds is 3. The van der Waals surface area contributed by atoms with Gasteiger partial charge in [0, 0.05) is 51.2 Å². The van der Waals surface area contributed by atoms with Crippen molar-refractivity contribution in [3.05, 3.63) is 18.5 Å². The van der Waals surface area contributed by atoms with Gasteiger partial charge in [-0.05, 0) is 31.4 Å². The molecule has 2 saturated heterocycles. The Morgan fingerprint density at radius 3 is 2.65 bits per heavy atom. The molecule has 0 bridgehead atoms. The second-order valence-electron chi connectivity index (χ2n) is 6.12. The summed E-state index contributed by atoms with van der Waals surface area (Å²) in [4.78, 5) is 13.5. The molecule has 110 valence electrons. The van der Waals surface area contributed by atoms with Crippen molar-refractivity contribution in [1.82, 2.24) is 20.2 Å². The number of piperazine rings is 1. The Bertz CT molecular complexity index is 402. The predicted octanol–water partition coefficient (Wildman–Crippen LogP) is 0.987. The molecule has 1 aromatic rings. The molecule has 2 aliphatic rings. The highest BCUT2D eigenvalue weighted by molar-refractivity contribution is 5.29. The normalized spacial score (nSPS) is 28.6. The molecule has 0 spiro atoms. The Morgan fingerprint density at radius 1 is 1.20 bits per heavy atom. The van der Waals surface area contributed by atoms with Crippen molar-refractivity contribution in [2.24, 2.45) is 5.92 Å². The van der Waals surface area contributed by atoms with E-state index in [-0.39, 0.29) is 0 Å². The first-order chi connectivity index (χ1) is 9.81. The smallest absolute Gasteiger partial charge is 0.225 e. The van der Waals surface area contributed by atoms with E-state index >= 15 is 0 Å². The molecule has 0 amide bonds. The third kappa shape index (κ3) is 3.46. The molecular formula is C15H25N5. The van der Waals surface area contributed by atoms with Gasteiger partial charge in [0.1, 0.15) is 0 Å². The first kappa shape index (κ1) is 13.8. The highest BCUT2D eigenvalue weighted by Crippen LogP contribution is 2.17. The lowest BCUT2D eigenvalue weighted by atomic mass is 9.94. The summed E-state index contributed by atoms with van der Waals surface area (Å²) < 4.78 is 0. The standard InChI is InChI=1S/C15H25N5/c1-13-3-6-16-14(11-13)12-19-7-9-20(10-8-19)15-17-4-2-5-18-15/h2,4-5,13-14,16H,3,6-12H2,1H3. The zero-order valence-corrected chi connectivity index (χ0v) is 12.3. The number of aromatic nitrogens is 2. The Labute approximate surface area is 121 Å². The molecule has 5 heteroatoms. The number of anilines is 1. The lowest BCUT2D eigenvalue weighted by Crippen LogP contribution is -2.52. The summed E-state index contributed by atoms with van der Waals surface area (Å²) in [5.74, 6) is 1.75. The summed E-state index contributed by atoms with van der Waals surface area (Å²) in [7, 11) is 0. The first-order valence-electron chi connectivity index (χ1n) is 7.79. The summed E-state index contributed by atoms with van der Waals surface area (Å²) in [5, 5.41) is 3.66. The van der Waals surface area contributed by atoms with Crippen LogP contribution in [0.3, 0.4) is 0 Å². The Morgan fingerprint density at radius 2 is 1.95 bits per heavy atom. The van der Waals surface area contributed by atoms with Gasteiger partial charge in [-0.2, -0.15) is 0 Å². The Balaban J connectivity index is 1.46. The van der Waals surface area contributed by atoms with Crippen molar-refractivity contribution in [2.45, 2.75) is 25.8 Å². The summed E-state index contributed by atoms with van der Waals surface area (Å²) in [6.07, 6.45) is 6.29. The zero-order chi connectivity index (χ0) is 13.8. The van der Waals surface area contributed by atoms with Gasteiger partial charge in [0.15, 0.2) is 0 Å². The Hall–Kier alpha value is -1.20. The van der Waals surface area contributed by atoms with E-state index in [9.17, 15) is 0 Å². The number of hydrogen-bond donors (Lipinski definition) is 1. The van der Waals surface area contributed by atoms with Gasteiger partial charge in [0.05, 0.1) is 0 Å². The highest BCUT2D eigenvalue weighted by Gasteiger charge is 2.24. The lowest BCUT2D eigenvalue weighted by molar-refractivity contribution is 0.197. The van der Waals surface area contributed by atoms with Crippen LogP contribution >= 0.6 is 0 Å². The van der Waals surface area contributed by atoms with Gasteiger partial charge < -0.3 is 10.2 Å². The number of piperidine rings is 1. The van der Waals surface area contributed by atoms with E-state index in [1.165, 1.54) is 25.9 Å². The molecule has 0 radical (unpaired) electrons. The molecule has 20 heavy (non-hydrogen) atoms. The molecule has 0 saturated carbocycles. The maximum atomic E-state index is 4.34. The van der Waals surface area contributed by atoms with Gasteiger partial charge in [0.2, 0.25) is 5.95 Å². The van der Waals surface area contributed by atoms with E-state index in [2.05, 4.69) is 32.0 Å². The maximum Gasteiger partial charge on any atom is 0.225 e. The average molecular weight is 275 g/mol. The van der Waals surface area contributed by atoms with Gasteiger partial charge >= 0.3 is 0 Å². The topological polar surface area (TPSA) is 44.3 Å². The van der Waals surface area contributed by atoms with Crippen molar-refractivity contribution in [2.75, 3.05) is 44.2 Å². The molecule has 2 unspecified atom stereocenters. The van der Waals surface area contributed by atoms with E-state index < -0.39 is 0 Å². The fourth-order valence-corrected chi connectivity index (χ4v) is 3.26. The van der Waals surface area contributed by atoms with Crippen LogP contribution in [0.25, 0.3) is 0 Å². The molecule has 2 atom stereocenters. The number of hydrogen-bond acceptors (Lipinski definition) is 5. The predicted molar refractivity (Wildman–Crippen MR) is 80.9 cm³/mol. The molecule has 0 aliphatic carbocycles. The van der Waals surface area contributed by atoms with E-state index in [0.717, 1.165) is 38.0 Å². The van der Waals surface area contributed by atoms with Crippen molar-refractivity contribution in [1.29, 1.82) is 0 Å². The van der Waals surface area contributed by atoms with Gasteiger partial charge in [0.25, 0.3) is 0 Å². The van der Waals surface area contributed by atoms with E-state index in [0.29, 0.717) is 6.04 Å². The van der Waals surface area contributed by atoms with Gasteiger partial charge in [-0.25, -0.2) is 9.97 Å². The van der Waals surface area contributed by atoms with Crippen LogP contribution in [0.2, 0.25) is 0 Å². The van der Waals surface area contributed by atoms with Crippen LogP contribution in [0.4, 0.5) is 5.95 Å². The van der Waals surface area contributed by atoms with E-state index in [1.807, 2.05) is 18.5 Å². The molecule has 1 aromatic heterocycles. The third-order valence-electron chi connectivity index (χ3n) is 4.44. The number of nitrogens with zero attached hydrogens (tertiary/aromatic N) is 4. The zero-order valence-electron chi connectivity index (χ0n) is 12.3. The molecule has 3 rings (SSSR count). The van der Waals surface area contributed by atoms with Gasteiger partial charge in [-0.3, -0.25) is 4.90 Å². The minimum absolute atomic E-state index is 0.679. The minimum Gasteiger partial charge on any atom is -0.338 e. The fraction of sp³-hybridized carbons (Fsp3) is 0.733. The largest absolute Gasteiger partial charge is 0.338 e. The van der Waals surface area contributed by atoms with Crippen molar-refractivity contribution in [3.8, 4) is 0 Å². The summed E-state index contributed by atoms with van der Waals surface area (Å²) in [6.45, 7) is 9.05. The molecule has 1 N–H and O–H groups in total. The molecule has 2 fully saturated rings.